The number of esters is 1. The van der Waals surface area contributed by atoms with Gasteiger partial charge in [0, 0.05) is 31.3 Å². The van der Waals surface area contributed by atoms with Gasteiger partial charge in [0.05, 0.1) is 30.7 Å². The number of carbonyl (C=O) groups excluding carboxylic acids is 4. The molecule has 4 aliphatic rings. The van der Waals surface area contributed by atoms with E-state index in [1.807, 2.05) is 34.6 Å². The molecule has 9 atom stereocenters. The van der Waals surface area contributed by atoms with Crippen LogP contribution in [0.2, 0.25) is 0 Å². The van der Waals surface area contributed by atoms with Crippen LogP contribution in [-0.4, -0.2) is 52.8 Å². The molecule has 4 rings (SSSR count). The Kier molecular flexibility index (Phi) is 7.18. The fourth-order valence-corrected chi connectivity index (χ4v) is 9.31. The van der Waals surface area contributed by atoms with E-state index in [-0.39, 0.29) is 60.8 Å². The van der Waals surface area contributed by atoms with Gasteiger partial charge >= 0.3 is 5.97 Å². The molecule has 0 amide bonds. The highest BCUT2D eigenvalue weighted by molar-refractivity contribution is 6.05. The minimum absolute atomic E-state index is 0.00375. The molecule has 0 aromatic rings. The van der Waals surface area contributed by atoms with E-state index in [4.69, 9.17) is 4.74 Å². The normalized spacial score (nSPS) is 41.6. The third-order valence-electron chi connectivity index (χ3n) is 11.7. The average molecular weight is 531 g/mol. The number of rotatable bonds is 6. The van der Waals surface area contributed by atoms with Crippen LogP contribution in [0.25, 0.3) is 0 Å². The minimum Gasteiger partial charge on any atom is -0.469 e. The number of allylic oxidation sites excluding steroid dienone is 1. The van der Waals surface area contributed by atoms with Gasteiger partial charge in [-0.25, -0.2) is 0 Å². The molecule has 212 valence electrons. The van der Waals surface area contributed by atoms with Crippen molar-refractivity contribution in [1.82, 2.24) is 0 Å². The number of fused-ring (bicyclic) bond motifs is 4. The molecule has 2 fully saturated rings. The summed E-state index contributed by atoms with van der Waals surface area (Å²) in [6.45, 7) is 13.7. The fourth-order valence-electron chi connectivity index (χ4n) is 9.31. The summed E-state index contributed by atoms with van der Waals surface area (Å²) in [6.07, 6.45) is 0.966. The maximum absolute atomic E-state index is 14.1. The van der Waals surface area contributed by atoms with Gasteiger partial charge in [-0.1, -0.05) is 41.5 Å². The predicted molar refractivity (Wildman–Crippen MR) is 142 cm³/mol. The lowest BCUT2D eigenvalue weighted by atomic mass is 9.42. The molecule has 0 spiro atoms. The monoisotopic (exact) mass is 530 g/mol. The van der Waals surface area contributed by atoms with E-state index < -0.39 is 45.8 Å². The van der Waals surface area contributed by atoms with Crippen LogP contribution in [0.3, 0.4) is 0 Å². The molecule has 0 radical (unpaired) electrons. The SMILES string of the molecule is COC(=O)[C@H](C)CC(=O)C[C@@H](C)[C@H]1CC(=O)[C@@]2(C)C3=C(C(=O)C[C@]12C)[C@@]1(C)CC[C@H](O)C(C)(C)[C@@H]1C[C@@H]3O. The van der Waals surface area contributed by atoms with Crippen molar-refractivity contribution in [3.63, 3.8) is 0 Å². The Morgan fingerprint density at radius 1 is 1.05 bits per heavy atom. The van der Waals surface area contributed by atoms with Crippen molar-refractivity contribution in [3.8, 4) is 0 Å². The van der Waals surface area contributed by atoms with Gasteiger partial charge in [-0.05, 0) is 65.8 Å². The number of carbonyl (C=O) groups is 4. The Hall–Kier alpha value is -1.86. The summed E-state index contributed by atoms with van der Waals surface area (Å²) >= 11 is 0. The molecular formula is C31H46O7. The first kappa shape index (κ1) is 29.1. The summed E-state index contributed by atoms with van der Waals surface area (Å²) in [4.78, 5) is 52.7. The first-order valence-corrected chi connectivity index (χ1v) is 14.2. The molecule has 0 aliphatic heterocycles. The third-order valence-corrected chi connectivity index (χ3v) is 11.7. The zero-order valence-corrected chi connectivity index (χ0v) is 24.3. The number of methoxy groups -OCH3 is 1. The Morgan fingerprint density at radius 3 is 2.29 bits per heavy atom. The highest BCUT2D eigenvalue weighted by Crippen LogP contribution is 2.70. The van der Waals surface area contributed by atoms with Crippen LogP contribution in [0.4, 0.5) is 0 Å². The van der Waals surface area contributed by atoms with Crippen molar-refractivity contribution in [1.29, 1.82) is 0 Å². The van der Waals surface area contributed by atoms with Crippen LogP contribution in [0.5, 0.6) is 0 Å². The van der Waals surface area contributed by atoms with Crippen molar-refractivity contribution in [3.05, 3.63) is 11.1 Å². The largest absolute Gasteiger partial charge is 0.469 e. The number of hydrogen-bond donors (Lipinski definition) is 2. The molecule has 7 heteroatoms. The Bertz CT molecular complexity index is 1090. The Morgan fingerprint density at radius 2 is 1.68 bits per heavy atom. The third kappa shape index (κ3) is 3.89. The van der Waals surface area contributed by atoms with Crippen molar-refractivity contribution < 1.29 is 34.1 Å². The smallest absolute Gasteiger partial charge is 0.308 e. The molecule has 4 aliphatic carbocycles. The standard InChI is InChI=1S/C31H46O7/c1-16(11-18(32)12-17(2)27(37)38-8)19-13-24(36)31(7)26-20(33)14-22-28(3,4)23(35)9-10-29(22,5)25(26)21(34)15-30(19,31)6/h16-17,19-20,22-23,33,35H,9-15H2,1-8H3/t16-,17-,19-,20+,22+,23+,29+,30-,31+/m1/s1. The summed E-state index contributed by atoms with van der Waals surface area (Å²) in [7, 11) is 1.31. The molecule has 0 aromatic heterocycles. The van der Waals surface area contributed by atoms with E-state index in [9.17, 15) is 29.4 Å². The second-order valence-corrected chi connectivity index (χ2v) is 14.1. The van der Waals surface area contributed by atoms with E-state index in [1.165, 1.54) is 7.11 Å². The summed E-state index contributed by atoms with van der Waals surface area (Å²) in [5.74, 6) is -1.42. The molecule has 0 heterocycles. The van der Waals surface area contributed by atoms with Gasteiger partial charge < -0.3 is 14.9 Å². The number of Topliss-reactive ketones (excluding diaryl/α,β-unsaturated/α-hetero) is 3. The molecule has 0 bridgehead atoms. The zero-order valence-electron chi connectivity index (χ0n) is 24.3. The Labute approximate surface area is 226 Å². The van der Waals surface area contributed by atoms with Gasteiger partial charge in [0.25, 0.3) is 0 Å². The van der Waals surface area contributed by atoms with Gasteiger partial charge in [-0.2, -0.15) is 0 Å². The molecule has 0 aromatic carbocycles. The lowest BCUT2D eigenvalue weighted by Gasteiger charge is -2.61. The molecule has 7 nitrogen and oxygen atoms in total. The summed E-state index contributed by atoms with van der Waals surface area (Å²) in [5.41, 5.74) is -1.46. The van der Waals surface area contributed by atoms with Gasteiger partial charge in [-0.15, -0.1) is 0 Å². The molecular weight excluding hydrogens is 484 g/mol. The van der Waals surface area contributed by atoms with Crippen molar-refractivity contribution in [2.45, 2.75) is 106 Å². The molecule has 38 heavy (non-hydrogen) atoms. The average Bonchev–Trinajstić information content (AvgIpc) is 3.03. The van der Waals surface area contributed by atoms with E-state index in [0.717, 1.165) is 0 Å². The van der Waals surface area contributed by atoms with Crippen molar-refractivity contribution in [2.24, 2.45) is 45.3 Å². The maximum Gasteiger partial charge on any atom is 0.308 e. The van der Waals surface area contributed by atoms with Gasteiger partial charge in [0.2, 0.25) is 0 Å². The first-order valence-electron chi connectivity index (χ1n) is 14.2. The van der Waals surface area contributed by atoms with Crippen LogP contribution in [0.15, 0.2) is 11.1 Å². The zero-order chi connectivity index (χ0) is 28.6. The number of ketones is 3. The van der Waals surface area contributed by atoms with Crippen LogP contribution in [-0.2, 0) is 23.9 Å². The molecule has 2 N–H and O–H groups in total. The van der Waals surface area contributed by atoms with Crippen LogP contribution >= 0.6 is 0 Å². The fraction of sp³-hybridized carbons (Fsp3) is 0.806. The number of hydrogen-bond acceptors (Lipinski definition) is 7. The molecule has 0 unspecified atom stereocenters. The second kappa shape index (κ2) is 9.36. The predicted octanol–water partition coefficient (Wildman–Crippen LogP) is 4.22. The quantitative estimate of drug-likeness (QED) is 0.494. The summed E-state index contributed by atoms with van der Waals surface area (Å²) < 4.78 is 4.75. The van der Waals surface area contributed by atoms with Crippen molar-refractivity contribution in [2.75, 3.05) is 7.11 Å². The molecule has 2 saturated carbocycles. The highest BCUT2D eigenvalue weighted by Gasteiger charge is 2.70. The van der Waals surface area contributed by atoms with E-state index in [1.54, 1.807) is 6.92 Å². The van der Waals surface area contributed by atoms with Crippen LogP contribution in [0, 0.1) is 45.3 Å². The molecule has 0 saturated heterocycles. The highest BCUT2D eigenvalue weighted by atomic mass is 16.5. The number of aliphatic hydroxyl groups excluding tert-OH is 2. The van der Waals surface area contributed by atoms with Crippen LogP contribution in [0.1, 0.15) is 93.4 Å². The van der Waals surface area contributed by atoms with E-state index in [2.05, 4.69) is 6.92 Å². The second-order valence-electron chi connectivity index (χ2n) is 14.1. The minimum atomic E-state index is -0.995. The van der Waals surface area contributed by atoms with Gasteiger partial charge in [0.1, 0.15) is 11.6 Å². The first-order chi connectivity index (χ1) is 17.5. The van der Waals surface area contributed by atoms with E-state index in [0.29, 0.717) is 30.4 Å². The lowest BCUT2D eigenvalue weighted by Crippen LogP contribution is -2.60. The van der Waals surface area contributed by atoms with Crippen LogP contribution < -0.4 is 0 Å². The topological polar surface area (TPSA) is 118 Å². The summed E-state index contributed by atoms with van der Waals surface area (Å²) in [5, 5.41) is 22.4. The number of aliphatic hydroxyl groups is 2. The van der Waals surface area contributed by atoms with E-state index >= 15 is 0 Å². The summed E-state index contributed by atoms with van der Waals surface area (Å²) in [6, 6.07) is 0. The Balaban J connectivity index is 1.71. The van der Waals surface area contributed by atoms with Gasteiger partial charge in [0.15, 0.2) is 5.78 Å². The van der Waals surface area contributed by atoms with Gasteiger partial charge in [-0.3, -0.25) is 19.2 Å². The number of ether oxygens (including phenoxy) is 1. The lowest BCUT2D eigenvalue weighted by molar-refractivity contribution is -0.147. The maximum atomic E-state index is 14.1. The van der Waals surface area contributed by atoms with Crippen molar-refractivity contribution >= 4 is 23.3 Å².